The largest absolute Gasteiger partial charge is 0.743 e. The van der Waals surface area contributed by atoms with E-state index in [1.807, 2.05) is 0 Å². The van der Waals surface area contributed by atoms with E-state index in [9.17, 15) is 36.1 Å². The van der Waals surface area contributed by atoms with Crippen molar-refractivity contribution in [3.63, 3.8) is 0 Å². The Morgan fingerprint density at radius 1 is 1.43 bits per heavy atom. The van der Waals surface area contributed by atoms with E-state index in [4.69, 9.17) is 9.47 Å². The van der Waals surface area contributed by atoms with Gasteiger partial charge in [-0.3, -0.25) is 9.59 Å². The van der Waals surface area contributed by atoms with Crippen molar-refractivity contribution in [1.29, 1.82) is 0 Å². The van der Waals surface area contributed by atoms with Gasteiger partial charge in [-0.2, -0.15) is 8.78 Å². The Balaban J connectivity index is 1.77. The van der Waals surface area contributed by atoms with Crippen LogP contribution in [0.3, 0.4) is 0 Å². The van der Waals surface area contributed by atoms with Crippen LogP contribution < -0.4 is 0 Å². The zero-order valence-electron chi connectivity index (χ0n) is 14.8. The molecule has 1 aliphatic carbocycles. The minimum Gasteiger partial charge on any atom is -0.743 e. The predicted octanol–water partition coefficient (Wildman–Crippen LogP) is 0.291. The van der Waals surface area contributed by atoms with Crippen molar-refractivity contribution in [2.45, 2.75) is 55.9 Å². The lowest BCUT2D eigenvalue weighted by Crippen LogP contribution is -2.48. The van der Waals surface area contributed by atoms with Crippen molar-refractivity contribution in [3.8, 4) is 0 Å². The molecule has 156 valence electrons. The van der Waals surface area contributed by atoms with Gasteiger partial charge in [0, 0.05) is 18.4 Å². The molecule has 0 aromatic heterocycles. The van der Waals surface area contributed by atoms with Crippen LogP contribution in [0.25, 0.3) is 0 Å². The van der Waals surface area contributed by atoms with Crippen molar-refractivity contribution in [3.05, 3.63) is 12.2 Å². The third-order valence-corrected chi connectivity index (χ3v) is 6.36. The van der Waals surface area contributed by atoms with E-state index in [0.717, 1.165) is 0 Å². The Kier molecular flexibility index (Phi) is 4.67. The lowest BCUT2D eigenvalue weighted by molar-refractivity contribution is -0.169. The molecule has 2 aliphatic heterocycles. The summed E-state index contributed by atoms with van der Waals surface area (Å²) in [6.45, 7) is 5.45. The molecule has 2 bridgehead atoms. The number of ketones is 1. The van der Waals surface area contributed by atoms with Gasteiger partial charge in [0.25, 0.3) is 0 Å². The van der Waals surface area contributed by atoms with Gasteiger partial charge in [0.15, 0.2) is 16.2 Å². The molecule has 9 nitrogen and oxygen atoms in total. The number of carbonyl (C=O) groups is 3. The van der Waals surface area contributed by atoms with Crippen LogP contribution in [0.5, 0.6) is 0 Å². The highest BCUT2D eigenvalue weighted by atomic mass is 32.2. The SMILES string of the molecule is C=C(C)C(=O)OC12CC(=O)C3C(C(=O)OC(C)C(F)(F)S(=O)(=O)[O-])C(C1)OC32. The average Bonchev–Trinajstić information content (AvgIpc) is 3.12. The van der Waals surface area contributed by atoms with Crippen molar-refractivity contribution in [2.75, 3.05) is 0 Å². The molecule has 3 rings (SSSR count). The first kappa shape index (κ1) is 20.8. The summed E-state index contributed by atoms with van der Waals surface area (Å²) in [6.07, 6.45) is -4.66. The fourth-order valence-electron chi connectivity index (χ4n) is 4.05. The number of hydrogen-bond donors (Lipinski definition) is 0. The van der Waals surface area contributed by atoms with Crippen LogP contribution in [0.4, 0.5) is 8.78 Å². The van der Waals surface area contributed by atoms with Gasteiger partial charge in [-0.15, -0.1) is 0 Å². The smallest absolute Gasteiger partial charge is 0.369 e. The second-order valence-electron chi connectivity index (χ2n) is 7.32. The monoisotopic (exact) mass is 423 g/mol. The van der Waals surface area contributed by atoms with E-state index in [0.29, 0.717) is 6.92 Å². The van der Waals surface area contributed by atoms with Crippen LogP contribution in [-0.2, 0) is 38.7 Å². The normalized spacial score (nSPS) is 35.0. The maximum atomic E-state index is 13.6. The van der Waals surface area contributed by atoms with Gasteiger partial charge in [0.2, 0.25) is 0 Å². The summed E-state index contributed by atoms with van der Waals surface area (Å²) in [5.41, 5.74) is -1.15. The fraction of sp³-hybridized carbons (Fsp3) is 0.688. The molecule has 2 saturated heterocycles. The first-order chi connectivity index (χ1) is 12.7. The third-order valence-electron chi connectivity index (χ3n) is 5.36. The number of fused-ring (bicyclic) bond motifs is 1. The molecule has 6 unspecified atom stereocenters. The Morgan fingerprint density at radius 2 is 2.04 bits per heavy atom. The van der Waals surface area contributed by atoms with Crippen LogP contribution >= 0.6 is 0 Å². The summed E-state index contributed by atoms with van der Waals surface area (Å²) in [5.74, 6) is -4.79. The summed E-state index contributed by atoms with van der Waals surface area (Å²) in [7, 11) is -6.06. The molecule has 12 heteroatoms. The molecular weight excluding hydrogens is 406 g/mol. The molecule has 28 heavy (non-hydrogen) atoms. The highest BCUT2D eigenvalue weighted by Gasteiger charge is 2.73. The van der Waals surface area contributed by atoms with Gasteiger partial charge in [0.05, 0.1) is 17.9 Å². The maximum absolute atomic E-state index is 13.6. The van der Waals surface area contributed by atoms with E-state index < -0.39 is 68.8 Å². The Hall–Kier alpha value is -1.92. The van der Waals surface area contributed by atoms with Gasteiger partial charge in [-0.25, -0.2) is 13.2 Å². The van der Waals surface area contributed by atoms with E-state index in [-0.39, 0.29) is 18.4 Å². The summed E-state index contributed by atoms with van der Waals surface area (Å²) in [4.78, 5) is 36.7. The number of alkyl halides is 2. The maximum Gasteiger partial charge on any atom is 0.369 e. The Morgan fingerprint density at radius 3 is 2.57 bits per heavy atom. The molecule has 0 spiro atoms. The van der Waals surface area contributed by atoms with Crippen molar-refractivity contribution < 1.29 is 50.3 Å². The number of hydrogen-bond acceptors (Lipinski definition) is 9. The summed E-state index contributed by atoms with van der Waals surface area (Å²) < 4.78 is 74.6. The van der Waals surface area contributed by atoms with Crippen molar-refractivity contribution >= 4 is 27.8 Å². The van der Waals surface area contributed by atoms with Gasteiger partial charge < -0.3 is 18.8 Å². The molecule has 0 aromatic carbocycles. The molecule has 0 aromatic rings. The van der Waals surface area contributed by atoms with Crippen LogP contribution in [0, 0.1) is 11.8 Å². The molecule has 3 aliphatic rings. The minimum atomic E-state index is -6.06. The van der Waals surface area contributed by atoms with Crippen molar-refractivity contribution in [2.24, 2.45) is 11.8 Å². The van der Waals surface area contributed by atoms with Crippen LogP contribution in [-0.4, -0.2) is 59.9 Å². The zero-order chi connectivity index (χ0) is 21.2. The van der Waals surface area contributed by atoms with E-state index in [1.165, 1.54) is 6.92 Å². The number of halogens is 2. The molecule has 1 saturated carbocycles. The lowest BCUT2D eigenvalue weighted by atomic mass is 9.77. The first-order valence-electron chi connectivity index (χ1n) is 8.32. The summed E-state index contributed by atoms with van der Waals surface area (Å²) in [6, 6.07) is 0. The molecule has 0 amide bonds. The van der Waals surface area contributed by atoms with Crippen LogP contribution in [0.2, 0.25) is 0 Å². The first-order valence-corrected chi connectivity index (χ1v) is 9.73. The van der Waals surface area contributed by atoms with Crippen molar-refractivity contribution in [1.82, 2.24) is 0 Å². The second kappa shape index (κ2) is 6.29. The number of Topliss-reactive ketones (excluding diaryl/α,β-unsaturated/α-hetero) is 1. The lowest BCUT2D eigenvalue weighted by Gasteiger charge is -2.32. The quantitative estimate of drug-likeness (QED) is 0.335. The second-order valence-corrected chi connectivity index (χ2v) is 8.78. The number of ether oxygens (including phenoxy) is 3. The van der Waals surface area contributed by atoms with E-state index in [1.54, 1.807) is 0 Å². The average molecular weight is 423 g/mol. The molecule has 0 N–H and O–H groups in total. The molecule has 2 heterocycles. The standard InChI is InChI=1S/C16H18F2O9S/c1-6(2)13(20)27-15-4-8(19)10-11(9(5-15)26-12(10)15)14(21)25-7(3)16(17,18)28(22,23)24/h7,9-12H,1,4-5H2,2-3H3,(H,22,23,24)/p-1. The highest BCUT2D eigenvalue weighted by molar-refractivity contribution is 7.86. The minimum absolute atomic E-state index is 0.0245. The summed E-state index contributed by atoms with van der Waals surface area (Å²) >= 11 is 0. The third kappa shape index (κ3) is 2.94. The van der Waals surface area contributed by atoms with Crippen LogP contribution in [0.1, 0.15) is 26.7 Å². The van der Waals surface area contributed by atoms with Gasteiger partial charge >= 0.3 is 17.2 Å². The fourth-order valence-corrected chi connectivity index (χ4v) is 4.50. The Labute approximate surface area is 158 Å². The van der Waals surface area contributed by atoms with Gasteiger partial charge in [0.1, 0.15) is 17.5 Å². The highest BCUT2D eigenvalue weighted by Crippen LogP contribution is 2.58. The summed E-state index contributed by atoms with van der Waals surface area (Å²) in [5, 5.41) is -4.83. The Bertz CT molecular complexity index is 867. The van der Waals surface area contributed by atoms with E-state index >= 15 is 0 Å². The van der Waals surface area contributed by atoms with Crippen LogP contribution in [0.15, 0.2) is 12.2 Å². The molecule has 3 fully saturated rings. The topological polar surface area (TPSA) is 136 Å². The zero-order valence-corrected chi connectivity index (χ0v) is 15.7. The molecule has 0 radical (unpaired) electrons. The van der Waals surface area contributed by atoms with Gasteiger partial charge in [-0.1, -0.05) is 6.58 Å². The number of esters is 2. The predicted molar refractivity (Wildman–Crippen MR) is 83.7 cm³/mol. The van der Waals surface area contributed by atoms with Gasteiger partial charge in [-0.05, 0) is 13.8 Å². The number of rotatable bonds is 6. The number of carbonyl (C=O) groups excluding carboxylic acids is 3. The van der Waals surface area contributed by atoms with E-state index in [2.05, 4.69) is 11.3 Å². The molecule has 6 atom stereocenters. The molecular formula is C16H17F2O9S-.